The van der Waals surface area contributed by atoms with Gasteiger partial charge in [-0.15, -0.1) is 0 Å². The van der Waals surface area contributed by atoms with Gasteiger partial charge in [-0.2, -0.15) is 5.10 Å². The van der Waals surface area contributed by atoms with Gasteiger partial charge < -0.3 is 4.74 Å². The van der Waals surface area contributed by atoms with Crippen LogP contribution < -0.4 is 0 Å². The van der Waals surface area contributed by atoms with Crippen LogP contribution in [-0.4, -0.2) is 23.3 Å². The fraction of sp³-hybridized carbons (Fsp3) is 0.0588. The smallest absolute Gasteiger partial charge is 0.338 e. The number of aromatic amines is 1. The monoisotopic (exact) mass is 312 g/mol. The topological polar surface area (TPSA) is 55.0 Å². The van der Waals surface area contributed by atoms with Gasteiger partial charge in [0.1, 0.15) is 0 Å². The highest BCUT2D eigenvalue weighted by Gasteiger charge is 2.15. The average Bonchev–Trinajstić information content (AvgIpc) is 3.04. The number of H-pyrrole nitrogens is 1. The molecule has 1 heterocycles. The van der Waals surface area contributed by atoms with Crippen LogP contribution in [0.2, 0.25) is 5.02 Å². The Labute approximate surface area is 132 Å². The molecule has 0 aliphatic heterocycles. The number of aromatic nitrogens is 2. The lowest BCUT2D eigenvalue weighted by atomic mass is 10.0. The molecule has 1 N–H and O–H groups in total. The van der Waals surface area contributed by atoms with Gasteiger partial charge >= 0.3 is 5.97 Å². The molecule has 22 heavy (non-hydrogen) atoms. The maximum Gasteiger partial charge on any atom is 0.338 e. The summed E-state index contributed by atoms with van der Waals surface area (Å²) < 4.78 is 4.81. The number of esters is 1. The molecule has 5 heteroatoms. The van der Waals surface area contributed by atoms with Gasteiger partial charge in [0.15, 0.2) is 0 Å². The molecule has 0 aliphatic carbocycles. The van der Waals surface area contributed by atoms with Crippen LogP contribution >= 0.6 is 11.6 Å². The van der Waals surface area contributed by atoms with Gasteiger partial charge in [-0.1, -0.05) is 41.9 Å². The molecule has 0 bridgehead atoms. The maximum absolute atomic E-state index is 11.8. The van der Waals surface area contributed by atoms with Crippen LogP contribution in [0.3, 0.4) is 0 Å². The molecule has 2 aromatic carbocycles. The van der Waals surface area contributed by atoms with Crippen molar-refractivity contribution >= 4 is 17.6 Å². The van der Waals surface area contributed by atoms with E-state index in [1.807, 2.05) is 42.5 Å². The number of halogens is 1. The van der Waals surface area contributed by atoms with Crippen LogP contribution in [0.25, 0.3) is 22.5 Å². The second-order valence-electron chi connectivity index (χ2n) is 4.71. The van der Waals surface area contributed by atoms with Crippen LogP contribution in [0.1, 0.15) is 10.4 Å². The molecule has 0 amide bonds. The van der Waals surface area contributed by atoms with Crippen molar-refractivity contribution in [3.63, 3.8) is 0 Å². The predicted molar refractivity (Wildman–Crippen MR) is 85.8 cm³/mol. The summed E-state index contributed by atoms with van der Waals surface area (Å²) in [6.45, 7) is 0. The minimum absolute atomic E-state index is 0.383. The molecule has 4 nitrogen and oxygen atoms in total. The third-order valence-electron chi connectivity index (χ3n) is 3.34. The van der Waals surface area contributed by atoms with Gasteiger partial charge in [0, 0.05) is 10.6 Å². The van der Waals surface area contributed by atoms with Crippen LogP contribution in [-0.2, 0) is 4.74 Å². The molecule has 0 fully saturated rings. The van der Waals surface area contributed by atoms with Crippen molar-refractivity contribution < 1.29 is 9.53 Å². The minimum Gasteiger partial charge on any atom is -0.465 e. The molecule has 0 atom stereocenters. The first kappa shape index (κ1) is 14.4. The molecule has 3 rings (SSSR count). The summed E-state index contributed by atoms with van der Waals surface area (Å²) in [7, 11) is 1.36. The Kier molecular flexibility index (Phi) is 3.94. The second-order valence-corrected chi connectivity index (χ2v) is 5.15. The standard InChI is InChI=1S/C17H13ClN2O2/c1-22-17(21)14-5-3-2-4-13(14)16-10-15(19-20-16)11-6-8-12(18)9-7-11/h2-10H,1H3,(H,19,20). The van der Waals surface area contributed by atoms with Gasteiger partial charge in [-0.05, 0) is 29.8 Å². The number of hydrogen-bond donors (Lipinski definition) is 1. The van der Waals surface area contributed by atoms with Crippen molar-refractivity contribution in [3.8, 4) is 22.5 Å². The molecule has 3 aromatic rings. The largest absolute Gasteiger partial charge is 0.465 e. The lowest BCUT2D eigenvalue weighted by molar-refractivity contribution is 0.0601. The van der Waals surface area contributed by atoms with Gasteiger partial charge in [-0.25, -0.2) is 4.79 Å². The Morgan fingerprint density at radius 3 is 2.59 bits per heavy atom. The number of methoxy groups -OCH3 is 1. The lowest BCUT2D eigenvalue weighted by Crippen LogP contribution is -2.03. The van der Waals surface area contributed by atoms with E-state index < -0.39 is 0 Å². The Balaban J connectivity index is 2.01. The summed E-state index contributed by atoms with van der Waals surface area (Å²) in [5.41, 5.74) is 3.72. The summed E-state index contributed by atoms with van der Waals surface area (Å²) in [5.74, 6) is -0.383. The Morgan fingerprint density at radius 1 is 1.14 bits per heavy atom. The quantitative estimate of drug-likeness (QED) is 0.738. The lowest BCUT2D eigenvalue weighted by Gasteiger charge is -2.04. The molecular formula is C17H13ClN2O2. The fourth-order valence-electron chi connectivity index (χ4n) is 2.23. The number of carbonyl (C=O) groups excluding carboxylic acids is 1. The van der Waals surface area contributed by atoms with Crippen molar-refractivity contribution in [3.05, 3.63) is 65.2 Å². The van der Waals surface area contributed by atoms with E-state index in [0.717, 1.165) is 16.8 Å². The average molecular weight is 313 g/mol. The van der Waals surface area contributed by atoms with Crippen LogP contribution in [0.4, 0.5) is 0 Å². The van der Waals surface area contributed by atoms with Crippen molar-refractivity contribution in [1.82, 2.24) is 10.2 Å². The Hall–Kier alpha value is -2.59. The number of ether oxygens (including phenoxy) is 1. The van der Waals surface area contributed by atoms with Crippen LogP contribution in [0.15, 0.2) is 54.6 Å². The predicted octanol–water partition coefficient (Wildman–Crippen LogP) is 4.18. The van der Waals surface area contributed by atoms with E-state index in [4.69, 9.17) is 16.3 Å². The maximum atomic E-state index is 11.8. The van der Waals surface area contributed by atoms with E-state index in [0.29, 0.717) is 16.3 Å². The van der Waals surface area contributed by atoms with E-state index in [2.05, 4.69) is 10.2 Å². The SMILES string of the molecule is COC(=O)c1ccccc1-c1cc(-c2ccc(Cl)cc2)[nH]n1. The Bertz CT molecular complexity index is 810. The number of benzene rings is 2. The van der Waals surface area contributed by atoms with E-state index in [1.165, 1.54) is 7.11 Å². The minimum atomic E-state index is -0.383. The van der Waals surface area contributed by atoms with Gasteiger partial charge in [-0.3, -0.25) is 5.10 Å². The molecular weight excluding hydrogens is 300 g/mol. The number of rotatable bonds is 3. The van der Waals surface area contributed by atoms with Crippen LogP contribution in [0, 0.1) is 0 Å². The molecule has 0 spiro atoms. The van der Waals surface area contributed by atoms with Crippen molar-refractivity contribution in [1.29, 1.82) is 0 Å². The summed E-state index contributed by atoms with van der Waals surface area (Å²) in [6, 6.07) is 16.6. The van der Waals surface area contributed by atoms with Gasteiger partial charge in [0.05, 0.1) is 24.1 Å². The first-order chi connectivity index (χ1) is 10.7. The normalized spacial score (nSPS) is 10.5. The van der Waals surface area contributed by atoms with Gasteiger partial charge in [0.2, 0.25) is 0 Å². The summed E-state index contributed by atoms with van der Waals surface area (Å²) in [6.07, 6.45) is 0. The van der Waals surface area contributed by atoms with E-state index >= 15 is 0 Å². The number of carbonyl (C=O) groups is 1. The van der Waals surface area contributed by atoms with Crippen LogP contribution in [0.5, 0.6) is 0 Å². The molecule has 0 saturated heterocycles. The zero-order chi connectivity index (χ0) is 15.5. The molecule has 1 aromatic heterocycles. The Morgan fingerprint density at radius 2 is 1.86 bits per heavy atom. The highest BCUT2D eigenvalue weighted by atomic mass is 35.5. The van der Waals surface area contributed by atoms with Gasteiger partial charge in [0.25, 0.3) is 0 Å². The van der Waals surface area contributed by atoms with Crippen molar-refractivity contribution in [2.24, 2.45) is 0 Å². The molecule has 110 valence electrons. The van der Waals surface area contributed by atoms with E-state index in [9.17, 15) is 4.79 Å². The van der Waals surface area contributed by atoms with Crippen molar-refractivity contribution in [2.45, 2.75) is 0 Å². The third-order valence-corrected chi connectivity index (χ3v) is 3.59. The van der Waals surface area contributed by atoms with E-state index in [1.54, 1.807) is 12.1 Å². The molecule has 0 radical (unpaired) electrons. The summed E-state index contributed by atoms with van der Waals surface area (Å²) >= 11 is 5.89. The first-order valence-electron chi connectivity index (χ1n) is 6.68. The second kappa shape index (κ2) is 6.03. The highest BCUT2D eigenvalue weighted by Crippen LogP contribution is 2.27. The zero-order valence-corrected chi connectivity index (χ0v) is 12.6. The van der Waals surface area contributed by atoms with E-state index in [-0.39, 0.29) is 5.97 Å². The fourth-order valence-corrected chi connectivity index (χ4v) is 2.36. The summed E-state index contributed by atoms with van der Waals surface area (Å²) in [5, 5.41) is 7.96. The molecule has 0 aliphatic rings. The number of hydrogen-bond acceptors (Lipinski definition) is 3. The van der Waals surface area contributed by atoms with Crippen molar-refractivity contribution in [2.75, 3.05) is 7.11 Å². The third kappa shape index (κ3) is 2.73. The number of nitrogens with one attached hydrogen (secondary N) is 1. The summed E-state index contributed by atoms with van der Waals surface area (Å²) in [4.78, 5) is 11.8. The number of nitrogens with zero attached hydrogens (tertiary/aromatic N) is 1. The zero-order valence-electron chi connectivity index (χ0n) is 11.8. The molecule has 0 saturated carbocycles. The highest BCUT2D eigenvalue weighted by molar-refractivity contribution is 6.30. The first-order valence-corrected chi connectivity index (χ1v) is 7.06. The molecule has 0 unspecified atom stereocenters.